The van der Waals surface area contributed by atoms with Gasteiger partial charge in [-0.25, -0.2) is 0 Å². The van der Waals surface area contributed by atoms with Gasteiger partial charge in [0.25, 0.3) is 5.91 Å². The Morgan fingerprint density at radius 3 is 2.63 bits per heavy atom. The lowest BCUT2D eigenvalue weighted by atomic mass is 10.1. The normalized spacial score (nSPS) is 31.3. The highest BCUT2D eigenvalue weighted by molar-refractivity contribution is 5.89. The quantitative estimate of drug-likeness (QED) is 0.730. The molecular formula is C13H23N3O3. The Morgan fingerprint density at radius 2 is 2.05 bits per heavy atom. The van der Waals surface area contributed by atoms with Gasteiger partial charge in [0.15, 0.2) is 0 Å². The van der Waals surface area contributed by atoms with Gasteiger partial charge in [-0.2, -0.15) is 0 Å². The van der Waals surface area contributed by atoms with E-state index in [1.165, 1.54) is 4.90 Å². The highest BCUT2D eigenvalue weighted by Crippen LogP contribution is 2.22. The number of hydrogen-bond acceptors (Lipinski definition) is 4. The van der Waals surface area contributed by atoms with E-state index in [4.69, 9.17) is 4.74 Å². The van der Waals surface area contributed by atoms with Crippen molar-refractivity contribution in [3.05, 3.63) is 0 Å². The van der Waals surface area contributed by atoms with E-state index in [2.05, 4.69) is 5.32 Å². The molecule has 2 amide bonds. The van der Waals surface area contributed by atoms with Crippen LogP contribution in [0.1, 0.15) is 19.8 Å². The smallest absolute Gasteiger partial charge is 0.252 e. The summed E-state index contributed by atoms with van der Waals surface area (Å²) < 4.78 is 5.63. The van der Waals surface area contributed by atoms with E-state index in [0.29, 0.717) is 13.1 Å². The van der Waals surface area contributed by atoms with Crippen LogP contribution in [0.5, 0.6) is 0 Å². The minimum absolute atomic E-state index is 0.0356. The lowest BCUT2D eigenvalue weighted by Gasteiger charge is -2.37. The van der Waals surface area contributed by atoms with Crippen LogP contribution in [0.2, 0.25) is 0 Å². The predicted molar refractivity (Wildman–Crippen MR) is 70.6 cm³/mol. The average molecular weight is 269 g/mol. The minimum atomic E-state index is -0.407. The SMILES string of the molecule is CC1CCC(C(=O)N2CCNCC2C(=O)N(C)C)O1. The molecule has 0 aromatic rings. The van der Waals surface area contributed by atoms with Crippen molar-refractivity contribution in [3.8, 4) is 0 Å². The van der Waals surface area contributed by atoms with Crippen LogP contribution in [-0.4, -0.2) is 73.6 Å². The molecule has 1 N–H and O–H groups in total. The Balaban J connectivity index is 2.06. The standard InChI is InChI=1S/C13H23N3O3/c1-9-4-5-11(19-9)13(18)16-7-6-14-8-10(16)12(17)15(2)3/h9-11,14H,4-8H2,1-3H3. The van der Waals surface area contributed by atoms with Crippen molar-refractivity contribution >= 4 is 11.8 Å². The second-order valence-electron chi connectivity index (χ2n) is 5.50. The molecule has 3 unspecified atom stereocenters. The van der Waals surface area contributed by atoms with Crippen molar-refractivity contribution in [3.63, 3.8) is 0 Å². The average Bonchev–Trinajstić information content (AvgIpc) is 2.83. The predicted octanol–water partition coefficient (Wildman–Crippen LogP) is -0.557. The van der Waals surface area contributed by atoms with Crippen molar-refractivity contribution < 1.29 is 14.3 Å². The fourth-order valence-corrected chi connectivity index (χ4v) is 2.66. The van der Waals surface area contributed by atoms with Gasteiger partial charge >= 0.3 is 0 Å². The molecule has 0 spiro atoms. The number of carbonyl (C=O) groups is 2. The number of rotatable bonds is 2. The molecule has 0 aromatic carbocycles. The van der Waals surface area contributed by atoms with E-state index in [0.717, 1.165) is 19.4 Å². The van der Waals surface area contributed by atoms with Gasteiger partial charge in [0, 0.05) is 33.7 Å². The van der Waals surface area contributed by atoms with Crippen LogP contribution < -0.4 is 5.32 Å². The third-order valence-electron chi connectivity index (χ3n) is 3.76. The summed E-state index contributed by atoms with van der Waals surface area (Å²) in [5.74, 6) is -0.0716. The Morgan fingerprint density at radius 1 is 1.32 bits per heavy atom. The molecule has 2 fully saturated rings. The van der Waals surface area contributed by atoms with Crippen molar-refractivity contribution in [2.75, 3.05) is 33.7 Å². The van der Waals surface area contributed by atoms with E-state index in [-0.39, 0.29) is 24.0 Å². The summed E-state index contributed by atoms with van der Waals surface area (Å²) in [4.78, 5) is 27.8. The zero-order valence-electron chi connectivity index (χ0n) is 11.9. The Hall–Kier alpha value is -1.14. The van der Waals surface area contributed by atoms with Crippen molar-refractivity contribution in [2.45, 2.75) is 38.0 Å². The maximum atomic E-state index is 12.5. The van der Waals surface area contributed by atoms with Gasteiger partial charge in [-0.15, -0.1) is 0 Å². The van der Waals surface area contributed by atoms with Gasteiger partial charge in [0.2, 0.25) is 5.91 Å². The first kappa shape index (κ1) is 14.3. The summed E-state index contributed by atoms with van der Waals surface area (Å²) in [6.45, 7) is 3.79. The van der Waals surface area contributed by atoms with Gasteiger partial charge in [-0.1, -0.05) is 0 Å². The molecule has 108 valence electrons. The first-order chi connectivity index (χ1) is 9.00. The maximum Gasteiger partial charge on any atom is 0.252 e. The molecule has 2 heterocycles. The third-order valence-corrected chi connectivity index (χ3v) is 3.76. The number of hydrogen-bond donors (Lipinski definition) is 1. The van der Waals surface area contributed by atoms with Crippen LogP contribution in [0.15, 0.2) is 0 Å². The van der Waals surface area contributed by atoms with Gasteiger partial charge in [0.1, 0.15) is 12.1 Å². The van der Waals surface area contributed by atoms with Gasteiger partial charge < -0.3 is 19.9 Å². The van der Waals surface area contributed by atoms with E-state index in [1.54, 1.807) is 19.0 Å². The molecule has 19 heavy (non-hydrogen) atoms. The molecular weight excluding hydrogens is 246 g/mol. The largest absolute Gasteiger partial charge is 0.365 e. The molecule has 0 aliphatic carbocycles. The monoisotopic (exact) mass is 269 g/mol. The fraction of sp³-hybridized carbons (Fsp3) is 0.846. The number of amides is 2. The summed E-state index contributed by atoms with van der Waals surface area (Å²) in [5, 5.41) is 3.17. The van der Waals surface area contributed by atoms with E-state index in [1.807, 2.05) is 6.92 Å². The number of piperazine rings is 1. The summed E-state index contributed by atoms with van der Waals surface area (Å²) >= 11 is 0. The van der Waals surface area contributed by atoms with Crippen molar-refractivity contribution in [1.82, 2.24) is 15.1 Å². The van der Waals surface area contributed by atoms with Crippen LogP contribution in [-0.2, 0) is 14.3 Å². The van der Waals surface area contributed by atoms with Crippen LogP contribution in [0, 0.1) is 0 Å². The van der Waals surface area contributed by atoms with E-state index >= 15 is 0 Å². The van der Waals surface area contributed by atoms with Crippen molar-refractivity contribution in [2.24, 2.45) is 0 Å². The first-order valence-corrected chi connectivity index (χ1v) is 6.88. The molecule has 3 atom stereocenters. The zero-order valence-corrected chi connectivity index (χ0v) is 11.9. The molecule has 6 nitrogen and oxygen atoms in total. The van der Waals surface area contributed by atoms with E-state index in [9.17, 15) is 9.59 Å². The molecule has 0 radical (unpaired) electrons. The molecule has 2 aliphatic heterocycles. The number of likely N-dealkylation sites (N-methyl/N-ethyl adjacent to an activating group) is 1. The highest BCUT2D eigenvalue weighted by Gasteiger charge is 2.38. The van der Waals surface area contributed by atoms with Gasteiger partial charge in [0.05, 0.1) is 6.10 Å². The van der Waals surface area contributed by atoms with Crippen LogP contribution in [0.25, 0.3) is 0 Å². The molecule has 6 heteroatoms. The maximum absolute atomic E-state index is 12.5. The summed E-state index contributed by atoms with van der Waals surface area (Å²) in [7, 11) is 3.43. The first-order valence-electron chi connectivity index (χ1n) is 6.88. The van der Waals surface area contributed by atoms with Gasteiger partial charge in [-0.3, -0.25) is 9.59 Å². The minimum Gasteiger partial charge on any atom is -0.365 e. The number of nitrogens with zero attached hydrogens (tertiary/aromatic N) is 2. The molecule has 0 saturated carbocycles. The highest BCUT2D eigenvalue weighted by atomic mass is 16.5. The lowest BCUT2D eigenvalue weighted by molar-refractivity contribution is -0.152. The molecule has 0 bridgehead atoms. The summed E-state index contributed by atoms with van der Waals surface area (Å²) in [6.07, 6.45) is 1.44. The topological polar surface area (TPSA) is 61.9 Å². The van der Waals surface area contributed by atoms with Crippen LogP contribution >= 0.6 is 0 Å². The molecule has 2 saturated heterocycles. The number of ether oxygens (including phenoxy) is 1. The van der Waals surface area contributed by atoms with Crippen LogP contribution in [0.4, 0.5) is 0 Å². The number of nitrogens with one attached hydrogen (secondary N) is 1. The summed E-state index contributed by atoms with van der Waals surface area (Å²) in [6, 6.07) is -0.407. The molecule has 2 aliphatic rings. The van der Waals surface area contributed by atoms with E-state index < -0.39 is 6.04 Å². The lowest BCUT2D eigenvalue weighted by Crippen LogP contribution is -2.61. The second-order valence-corrected chi connectivity index (χ2v) is 5.50. The second kappa shape index (κ2) is 5.88. The summed E-state index contributed by atoms with van der Waals surface area (Å²) in [5.41, 5.74) is 0. The third kappa shape index (κ3) is 3.06. The number of carbonyl (C=O) groups excluding carboxylic acids is 2. The fourth-order valence-electron chi connectivity index (χ4n) is 2.66. The van der Waals surface area contributed by atoms with Gasteiger partial charge in [-0.05, 0) is 19.8 Å². The molecule has 0 aromatic heterocycles. The Labute approximate surface area is 114 Å². The molecule has 2 rings (SSSR count). The Bertz CT molecular complexity index is 359. The van der Waals surface area contributed by atoms with Crippen LogP contribution in [0.3, 0.4) is 0 Å². The van der Waals surface area contributed by atoms with Crippen molar-refractivity contribution in [1.29, 1.82) is 0 Å². The Kier molecular flexibility index (Phi) is 4.42. The zero-order chi connectivity index (χ0) is 14.0.